The van der Waals surface area contributed by atoms with E-state index >= 15 is 0 Å². The number of likely N-dealkylation sites (N-methyl/N-ethyl adjacent to an activating group) is 1. The molecule has 0 spiro atoms. The highest BCUT2D eigenvalue weighted by atomic mass is 16.5. The molecular weight excluding hydrogens is 332 g/mol. The third-order valence-electron chi connectivity index (χ3n) is 3.87. The van der Waals surface area contributed by atoms with Crippen molar-refractivity contribution in [3.05, 3.63) is 60.4 Å². The van der Waals surface area contributed by atoms with Gasteiger partial charge in [-0.1, -0.05) is 30.3 Å². The van der Waals surface area contributed by atoms with Crippen molar-refractivity contribution in [2.45, 2.75) is 13.2 Å². The largest absolute Gasteiger partial charge is 0.486 e. The van der Waals surface area contributed by atoms with Crippen molar-refractivity contribution in [2.75, 3.05) is 13.6 Å². The van der Waals surface area contributed by atoms with E-state index in [2.05, 4.69) is 15.6 Å². The first kappa shape index (κ1) is 17.5. The van der Waals surface area contributed by atoms with Gasteiger partial charge in [0.05, 0.1) is 17.6 Å². The fourth-order valence-corrected chi connectivity index (χ4v) is 2.54. The SMILES string of the molecule is CNC(=O)CNC(=O)Cn1c(COc2ccccc2)nc2ccccc21. The van der Waals surface area contributed by atoms with Crippen LogP contribution in [0.25, 0.3) is 11.0 Å². The number of carbonyl (C=O) groups excluding carboxylic acids is 2. The van der Waals surface area contributed by atoms with Gasteiger partial charge in [-0.15, -0.1) is 0 Å². The molecule has 0 aliphatic rings. The van der Waals surface area contributed by atoms with Gasteiger partial charge in [0, 0.05) is 7.05 Å². The molecule has 0 aliphatic heterocycles. The summed E-state index contributed by atoms with van der Waals surface area (Å²) < 4.78 is 7.58. The number of hydrogen-bond donors (Lipinski definition) is 2. The molecule has 7 nitrogen and oxygen atoms in total. The van der Waals surface area contributed by atoms with Crippen molar-refractivity contribution in [3.8, 4) is 5.75 Å². The third kappa shape index (κ3) is 4.18. The number of nitrogens with one attached hydrogen (secondary N) is 2. The molecule has 0 saturated carbocycles. The molecule has 1 aromatic heterocycles. The van der Waals surface area contributed by atoms with E-state index in [0.717, 1.165) is 16.8 Å². The lowest BCUT2D eigenvalue weighted by atomic mass is 10.3. The van der Waals surface area contributed by atoms with Gasteiger partial charge in [-0.25, -0.2) is 4.98 Å². The standard InChI is InChI=1S/C19H20N4O3/c1-20-18(24)11-21-19(25)12-23-16-10-6-5-9-15(16)22-17(23)13-26-14-7-3-2-4-8-14/h2-10H,11-13H2,1H3,(H,20,24)(H,21,25). The Morgan fingerprint density at radius 2 is 1.77 bits per heavy atom. The number of nitrogens with zero attached hydrogens (tertiary/aromatic N) is 2. The minimum atomic E-state index is -0.266. The number of fused-ring (bicyclic) bond motifs is 1. The molecule has 2 aromatic carbocycles. The summed E-state index contributed by atoms with van der Waals surface area (Å²) in [6.45, 7) is 0.240. The zero-order valence-corrected chi connectivity index (χ0v) is 14.4. The van der Waals surface area contributed by atoms with Crippen LogP contribution in [0.15, 0.2) is 54.6 Å². The Bertz CT molecular complexity index is 906. The number of benzene rings is 2. The minimum absolute atomic E-state index is 0.0577. The Labute approximate surface area is 151 Å². The number of hydrogen-bond acceptors (Lipinski definition) is 4. The maximum Gasteiger partial charge on any atom is 0.240 e. The number of para-hydroxylation sites is 3. The first-order valence-corrected chi connectivity index (χ1v) is 8.26. The average Bonchev–Trinajstić information content (AvgIpc) is 3.02. The lowest BCUT2D eigenvalue weighted by molar-refractivity contribution is -0.126. The van der Waals surface area contributed by atoms with E-state index in [1.807, 2.05) is 54.6 Å². The lowest BCUT2D eigenvalue weighted by Gasteiger charge is -2.11. The number of rotatable bonds is 7. The molecule has 134 valence electrons. The number of ether oxygens (including phenoxy) is 1. The van der Waals surface area contributed by atoms with Crippen LogP contribution in [0.5, 0.6) is 5.75 Å². The molecule has 2 N–H and O–H groups in total. The van der Waals surface area contributed by atoms with E-state index < -0.39 is 0 Å². The lowest BCUT2D eigenvalue weighted by Crippen LogP contribution is -2.37. The third-order valence-corrected chi connectivity index (χ3v) is 3.87. The van der Waals surface area contributed by atoms with Crippen LogP contribution in [0.1, 0.15) is 5.82 Å². The Kier molecular flexibility index (Phi) is 5.48. The van der Waals surface area contributed by atoms with Gasteiger partial charge in [0.1, 0.15) is 24.7 Å². The van der Waals surface area contributed by atoms with Crippen molar-refractivity contribution in [2.24, 2.45) is 0 Å². The summed E-state index contributed by atoms with van der Waals surface area (Å²) in [6, 6.07) is 17.0. The summed E-state index contributed by atoms with van der Waals surface area (Å²) >= 11 is 0. The van der Waals surface area contributed by atoms with Crippen LogP contribution in [0.2, 0.25) is 0 Å². The number of carbonyl (C=O) groups is 2. The zero-order valence-electron chi connectivity index (χ0n) is 14.4. The molecule has 0 aliphatic carbocycles. The van der Waals surface area contributed by atoms with Gasteiger partial charge in [-0.2, -0.15) is 0 Å². The maximum atomic E-state index is 12.2. The smallest absolute Gasteiger partial charge is 0.240 e. The van der Waals surface area contributed by atoms with Gasteiger partial charge < -0.3 is 19.9 Å². The highest BCUT2D eigenvalue weighted by Gasteiger charge is 2.14. The fraction of sp³-hybridized carbons (Fsp3) is 0.211. The molecule has 1 heterocycles. The second kappa shape index (κ2) is 8.15. The predicted octanol–water partition coefficient (Wildman–Crippen LogP) is 1.48. The van der Waals surface area contributed by atoms with Crippen LogP contribution in [0, 0.1) is 0 Å². The molecule has 0 atom stereocenters. The van der Waals surface area contributed by atoms with Crippen LogP contribution in [0.3, 0.4) is 0 Å². The van der Waals surface area contributed by atoms with Crippen molar-refractivity contribution >= 4 is 22.8 Å². The first-order chi connectivity index (χ1) is 12.7. The van der Waals surface area contributed by atoms with Crippen molar-refractivity contribution in [3.63, 3.8) is 0 Å². The molecule has 2 amide bonds. The molecule has 3 aromatic rings. The topological polar surface area (TPSA) is 85.2 Å². The summed E-state index contributed by atoms with van der Waals surface area (Å²) in [5.41, 5.74) is 1.63. The van der Waals surface area contributed by atoms with Gasteiger partial charge in [-0.05, 0) is 24.3 Å². The van der Waals surface area contributed by atoms with Gasteiger partial charge >= 0.3 is 0 Å². The quantitative estimate of drug-likeness (QED) is 0.674. The van der Waals surface area contributed by atoms with E-state index in [1.54, 1.807) is 4.57 Å². The number of aromatic nitrogens is 2. The molecule has 0 radical (unpaired) electrons. The van der Waals surface area contributed by atoms with E-state index in [4.69, 9.17) is 4.74 Å². The van der Waals surface area contributed by atoms with E-state index in [9.17, 15) is 9.59 Å². The summed E-state index contributed by atoms with van der Waals surface area (Å²) in [7, 11) is 1.52. The fourth-order valence-electron chi connectivity index (χ4n) is 2.54. The summed E-state index contributed by atoms with van der Waals surface area (Å²) in [4.78, 5) is 28.1. The molecule has 26 heavy (non-hydrogen) atoms. The van der Waals surface area contributed by atoms with Crippen LogP contribution in [-0.4, -0.2) is 35.0 Å². The van der Waals surface area contributed by atoms with Crippen molar-refractivity contribution in [1.29, 1.82) is 0 Å². The van der Waals surface area contributed by atoms with E-state index in [0.29, 0.717) is 5.82 Å². The van der Waals surface area contributed by atoms with Crippen LogP contribution >= 0.6 is 0 Å². The molecular formula is C19H20N4O3. The highest BCUT2D eigenvalue weighted by Crippen LogP contribution is 2.18. The Hall–Kier alpha value is -3.35. The molecule has 3 rings (SSSR count). The maximum absolute atomic E-state index is 12.2. The second-order valence-electron chi connectivity index (χ2n) is 5.65. The predicted molar refractivity (Wildman–Crippen MR) is 97.6 cm³/mol. The number of imidazole rings is 1. The minimum Gasteiger partial charge on any atom is -0.486 e. The molecule has 0 fully saturated rings. The van der Waals surface area contributed by atoms with Gasteiger partial charge in [0.25, 0.3) is 0 Å². The van der Waals surface area contributed by atoms with Gasteiger partial charge in [0.15, 0.2) is 0 Å². The monoisotopic (exact) mass is 352 g/mol. The van der Waals surface area contributed by atoms with Gasteiger partial charge in [-0.3, -0.25) is 9.59 Å². The first-order valence-electron chi connectivity index (χ1n) is 8.26. The summed E-state index contributed by atoms with van der Waals surface area (Å²) in [6.07, 6.45) is 0. The van der Waals surface area contributed by atoms with Crippen molar-refractivity contribution in [1.82, 2.24) is 20.2 Å². The normalized spacial score (nSPS) is 10.5. The Morgan fingerprint density at radius 3 is 2.54 bits per heavy atom. The van der Waals surface area contributed by atoms with Crippen molar-refractivity contribution < 1.29 is 14.3 Å². The van der Waals surface area contributed by atoms with Crippen LogP contribution in [0.4, 0.5) is 0 Å². The summed E-state index contributed by atoms with van der Waals surface area (Å²) in [5.74, 6) is 0.861. The molecule has 0 unspecified atom stereocenters. The average molecular weight is 352 g/mol. The van der Waals surface area contributed by atoms with Crippen LogP contribution < -0.4 is 15.4 Å². The highest BCUT2D eigenvalue weighted by molar-refractivity contribution is 5.85. The summed E-state index contributed by atoms with van der Waals surface area (Å²) in [5, 5.41) is 5.06. The Balaban J connectivity index is 1.78. The Morgan fingerprint density at radius 1 is 1.04 bits per heavy atom. The van der Waals surface area contributed by atoms with E-state index in [1.165, 1.54) is 7.05 Å². The van der Waals surface area contributed by atoms with Gasteiger partial charge in [0.2, 0.25) is 11.8 Å². The molecule has 0 saturated heterocycles. The molecule has 7 heteroatoms. The van der Waals surface area contributed by atoms with Crippen LogP contribution in [-0.2, 0) is 22.7 Å². The molecule has 0 bridgehead atoms. The van der Waals surface area contributed by atoms with E-state index in [-0.39, 0.29) is 31.5 Å². The zero-order chi connectivity index (χ0) is 18.4. The second-order valence-corrected chi connectivity index (χ2v) is 5.65. The number of amides is 2.